The highest BCUT2D eigenvalue weighted by atomic mass is 16.2. The molecule has 0 aromatic carbocycles. The molecule has 1 fully saturated rings. The van der Waals surface area contributed by atoms with Gasteiger partial charge >= 0.3 is 0 Å². The molecule has 1 aromatic rings. The number of carbonyl (C=O) groups is 1. The maximum absolute atomic E-state index is 12.3. The standard InChI is InChI=1S/C14H23N5O/c1-10-9-12(18-14(15-3)16-10)17-11(2)13(20)19-7-5-4-6-8-19/h9,11H,4-8H2,1-3H3,(H2,15,16,17,18). The number of amides is 1. The van der Waals surface area contributed by atoms with Gasteiger partial charge in [-0.15, -0.1) is 0 Å². The van der Waals surface area contributed by atoms with Gasteiger partial charge in [-0.05, 0) is 33.1 Å². The molecular weight excluding hydrogens is 254 g/mol. The van der Waals surface area contributed by atoms with Crippen molar-refractivity contribution >= 4 is 17.7 Å². The van der Waals surface area contributed by atoms with Gasteiger partial charge in [0.25, 0.3) is 0 Å². The van der Waals surface area contributed by atoms with Crippen LogP contribution in [0.2, 0.25) is 0 Å². The molecule has 1 atom stereocenters. The van der Waals surface area contributed by atoms with Gasteiger partial charge in [0.15, 0.2) is 0 Å². The molecule has 2 heterocycles. The highest BCUT2D eigenvalue weighted by molar-refractivity contribution is 5.84. The first-order valence-electron chi connectivity index (χ1n) is 7.19. The topological polar surface area (TPSA) is 70.2 Å². The van der Waals surface area contributed by atoms with Crippen molar-refractivity contribution in [2.75, 3.05) is 30.8 Å². The van der Waals surface area contributed by atoms with Gasteiger partial charge in [-0.2, -0.15) is 4.98 Å². The number of aromatic nitrogens is 2. The van der Waals surface area contributed by atoms with Crippen molar-refractivity contribution in [2.45, 2.75) is 39.2 Å². The number of anilines is 2. The van der Waals surface area contributed by atoms with Crippen LogP contribution in [0.15, 0.2) is 6.07 Å². The fraction of sp³-hybridized carbons (Fsp3) is 0.643. The van der Waals surface area contributed by atoms with Gasteiger partial charge in [0.2, 0.25) is 11.9 Å². The van der Waals surface area contributed by atoms with Crippen LogP contribution in [-0.4, -0.2) is 47.0 Å². The van der Waals surface area contributed by atoms with E-state index in [0.29, 0.717) is 11.8 Å². The summed E-state index contributed by atoms with van der Waals surface area (Å²) >= 11 is 0. The number of likely N-dealkylation sites (tertiary alicyclic amines) is 1. The van der Waals surface area contributed by atoms with E-state index in [4.69, 9.17) is 0 Å². The van der Waals surface area contributed by atoms with Crippen LogP contribution in [0.1, 0.15) is 31.9 Å². The number of aryl methyl sites for hydroxylation is 1. The van der Waals surface area contributed by atoms with Gasteiger partial charge in [0, 0.05) is 31.9 Å². The van der Waals surface area contributed by atoms with Crippen molar-refractivity contribution in [3.63, 3.8) is 0 Å². The predicted octanol–water partition coefficient (Wildman–Crippen LogP) is 1.64. The number of rotatable bonds is 4. The molecular formula is C14H23N5O. The molecule has 1 aliphatic heterocycles. The van der Waals surface area contributed by atoms with Crippen molar-refractivity contribution < 1.29 is 4.79 Å². The van der Waals surface area contributed by atoms with Gasteiger partial charge < -0.3 is 15.5 Å². The molecule has 0 saturated carbocycles. The lowest BCUT2D eigenvalue weighted by atomic mass is 10.1. The third kappa shape index (κ3) is 3.59. The molecule has 6 nitrogen and oxygen atoms in total. The Balaban J connectivity index is 2.01. The van der Waals surface area contributed by atoms with Gasteiger partial charge in [-0.3, -0.25) is 4.79 Å². The quantitative estimate of drug-likeness (QED) is 0.875. The van der Waals surface area contributed by atoms with E-state index >= 15 is 0 Å². The van der Waals surface area contributed by atoms with E-state index in [2.05, 4.69) is 20.6 Å². The molecule has 0 radical (unpaired) electrons. The molecule has 1 aromatic heterocycles. The third-order valence-electron chi connectivity index (χ3n) is 3.48. The molecule has 6 heteroatoms. The van der Waals surface area contributed by atoms with Crippen LogP contribution < -0.4 is 10.6 Å². The number of hydrogen-bond donors (Lipinski definition) is 2. The summed E-state index contributed by atoms with van der Waals surface area (Å²) in [6, 6.07) is 1.58. The van der Waals surface area contributed by atoms with Gasteiger partial charge in [-0.25, -0.2) is 4.98 Å². The maximum atomic E-state index is 12.3. The average molecular weight is 277 g/mol. The Morgan fingerprint density at radius 1 is 1.30 bits per heavy atom. The second-order valence-electron chi connectivity index (χ2n) is 5.22. The molecule has 110 valence electrons. The van der Waals surface area contributed by atoms with Gasteiger partial charge in [0.1, 0.15) is 11.9 Å². The number of hydrogen-bond acceptors (Lipinski definition) is 5. The minimum Gasteiger partial charge on any atom is -0.358 e. The number of nitrogens with one attached hydrogen (secondary N) is 2. The van der Waals surface area contributed by atoms with Gasteiger partial charge in [0.05, 0.1) is 0 Å². The summed E-state index contributed by atoms with van der Waals surface area (Å²) in [5.74, 6) is 1.39. The van der Waals surface area contributed by atoms with Crippen LogP contribution in [0.5, 0.6) is 0 Å². The molecule has 2 N–H and O–H groups in total. The van der Waals surface area contributed by atoms with E-state index in [1.54, 1.807) is 7.05 Å². The summed E-state index contributed by atoms with van der Waals surface area (Å²) in [5, 5.41) is 6.09. The van der Waals surface area contributed by atoms with Crippen molar-refractivity contribution in [1.29, 1.82) is 0 Å². The van der Waals surface area contributed by atoms with Crippen molar-refractivity contribution in [2.24, 2.45) is 0 Å². The zero-order chi connectivity index (χ0) is 14.5. The normalized spacial score (nSPS) is 16.6. The molecule has 1 saturated heterocycles. The van der Waals surface area contributed by atoms with Crippen LogP contribution in [0.3, 0.4) is 0 Å². The third-order valence-corrected chi connectivity index (χ3v) is 3.48. The first kappa shape index (κ1) is 14.6. The second kappa shape index (κ2) is 6.54. The Kier molecular flexibility index (Phi) is 4.76. The Bertz CT molecular complexity index is 471. The largest absolute Gasteiger partial charge is 0.358 e. The minimum atomic E-state index is -0.271. The Morgan fingerprint density at radius 3 is 2.65 bits per heavy atom. The molecule has 0 aliphatic carbocycles. The first-order chi connectivity index (χ1) is 9.60. The SMILES string of the molecule is CNc1nc(C)cc(NC(C)C(=O)N2CCCCC2)n1. The molecule has 1 amide bonds. The lowest BCUT2D eigenvalue weighted by Crippen LogP contribution is -2.44. The second-order valence-corrected chi connectivity index (χ2v) is 5.22. The lowest BCUT2D eigenvalue weighted by molar-refractivity contribution is -0.132. The molecule has 2 rings (SSSR count). The molecule has 1 aliphatic rings. The van der Waals surface area contributed by atoms with E-state index < -0.39 is 0 Å². The summed E-state index contributed by atoms with van der Waals surface area (Å²) in [5.41, 5.74) is 0.865. The van der Waals surface area contributed by atoms with Crippen LogP contribution in [0, 0.1) is 6.92 Å². The minimum absolute atomic E-state index is 0.145. The lowest BCUT2D eigenvalue weighted by Gasteiger charge is -2.29. The number of piperidine rings is 1. The van der Waals surface area contributed by atoms with E-state index in [1.807, 2.05) is 24.8 Å². The summed E-state index contributed by atoms with van der Waals surface area (Å²) < 4.78 is 0. The van der Waals surface area contributed by atoms with E-state index in [-0.39, 0.29) is 11.9 Å². The fourth-order valence-corrected chi connectivity index (χ4v) is 2.43. The monoisotopic (exact) mass is 277 g/mol. The van der Waals surface area contributed by atoms with E-state index in [9.17, 15) is 4.79 Å². The van der Waals surface area contributed by atoms with Crippen LogP contribution in [-0.2, 0) is 4.79 Å². The highest BCUT2D eigenvalue weighted by Crippen LogP contribution is 2.14. The predicted molar refractivity (Wildman–Crippen MR) is 79.8 cm³/mol. The zero-order valence-corrected chi connectivity index (χ0v) is 12.4. The molecule has 0 bridgehead atoms. The summed E-state index contributed by atoms with van der Waals surface area (Å²) in [6.07, 6.45) is 3.44. The van der Waals surface area contributed by atoms with Crippen LogP contribution >= 0.6 is 0 Å². The van der Waals surface area contributed by atoms with Crippen LogP contribution in [0.4, 0.5) is 11.8 Å². The number of carbonyl (C=O) groups excluding carboxylic acids is 1. The summed E-state index contributed by atoms with van der Waals surface area (Å²) in [7, 11) is 1.78. The van der Waals surface area contributed by atoms with E-state index in [1.165, 1.54) is 6.42 Å². The van der Waals surface area contributed by atoms with Crippen molar-refractivity contribution in [3.05, 3.63) is 11.8 Å². The highest BCUT2D eigenvalue weighted by Gasteiger charge is 2.22. The van der Waals surface area contributed by atoms with Crippen LogP contribution in [0.25, 0.3) is 0 Å². The first-order valence-corrected chi connectivity index (χ1v) is 7.19. The van der Waals surface area contributed by atoms with Gasteiger partial charge in [-0.1, -0.05) is 0 Å². The maximum Gasteiger partial charge on any atom is 0.244 e. The summed E-state index contributed by atoms with van der Waals surface area (Å²) in [6.45, 7) is 5.53. The van der Waals surface area contributed by atoms with E-state index in [0.717, 1.165) is 31.6 Å². The summed E-state index contributed by atoms with van der Waals surface area (Å²) in [4.78, 5) is 22.8. The smallest absolute Gasteiger partial charge is 0.244 e. The average Bonchev–Trinajstić information content (AvgIpc) is 2.46. The molecule has 1 unspecified atom stereocenters. The van der Waals surface area contributed by atoms with Crippen molar-refractivity contribution in [1.82, 2.24) is 14.9 Å². The Hall–Kier alpha value is -1.85. The zero-order valence-electron chi connectivity index (χ0n) is 12.4. The Morgan fingerprint density at radius 2 is 2.00 bits per heavy atom. The number of nitrogens with zero attached hydrogens (tertiary/aromatic N) is 3. The Labute approximate surface area is 120 Å². The molecule has 20 heavy (non-hydrogen) atoms. The van der Waals surface area contributed by atoms with Crippen molar-refractivity contribution in [3.8, 4) is 0 Å². The fourth-order valence-electron chi connectivity index (χ4n) is 2.43. The molecule has 0 spiro atoms.